The lowest BCUT2D eigenvalue weighted by molar-refractivity contribution is 0.112. The summed E-state index contributed by atoms with van der Waals surface area (Å²) in [6.07, 6.45) is 10.8. The predicted octanol–water partition coefficient (Wildman–Crippen LogP) is 1.81. The Bertz CT molecular complexity index is 427. The van der Waals surface area contributed by atoms with E-state index in [9.17, 15) is 0 Å². The summed E-state index contributed by atoms with van der Waals surface area (Å²) in [4.78, 5) is 2.63. The van der Waals surface area contributed by atoms with Crippen LogP contribution in [0.2, 0.25) is 0 Å². The number of rotatable bonds is 5. The van der Waals surface area contributed by atoms with Crippen molar-refractivity contribution in [1.82, 2.24) is 20.0 Å². The molecule has 1 aromatic heterocycles. The van der Waals surface area contributed by atoms with Gasteiger partial charge in [0.25, 0.3) is 0 Å². The van der Waals surface area contributed by atoms with E-state index in [1.165, 1.54) is 31.2 Å². The average molecular weight is 276 g/mol. The van der Waals surface area contributed by atoms with Gasteiger partial charge in [-0.25, -0.2) is 0 Å². The van der Waals surface area contributed by atoms with Crippen LogP contribution in [-0.4, -0.2) is 46.4 Å². The van der Waals surface area contributed by atoms with Gasteiger partial charge in [0.15, 0.2) is 0 Å². The van der Waals surface area contributed by atoms with E-state index in [-0.39, 0.29) is 0 Å². The lowest BCUT2D eigenvalue weighted by Crippen LogP contribution is -2.47. The molecule has 0 aliphatic carbocycles. The first kappa shape index (κ1) is 14.1. The first-order valence-electron chi connectivity index (χ1n) is 8.10. The zero-order valence-corrected chi connectivity index (χ0v) is 13.0. The number of piperidine rings is 1. The third-order valence-electron chi connectivity index (χ3n) is 5.38. The van der Waals surface area contributed by atoms with Crippen LogP contribution < -0.4 is 5.32 Å². The van der Waals surface area contributed by atoms with Gasteiger partial charge in [0.1, 0.15) is 0 Å². The highest BCUT2D eigenvalue weighted by Gasteiger charge is 2.40. The van der Waals surface area contributed by atoms with Crippen molar-refractivity contribution >= 4 is 0 Å². The van der Waals surface area contributed by atoms with E-state index in [2.05, 4.69) is 35.5 Å². The van der Waals surface area contributed by atoms with Crippen LogP contribution >= 0.6 is 0 Å². The van der Waals surface area contributed by atoms with Crippen LogP contribution in [0.3, 0.4) is 0 Å². The van der Waals surface area contributed by atoms with Crippen molar-refractivity contribution in [1.29, 1.82) is 0 Å². The monoisotopic (exact) mass is 276 g/mol. The minimum absolute atomic E-state index is 0.612. The second-order valence-electron chi connectivity index (χ2n) is 6.67. The van der Waals surface area contributed by atoms with Crippen molar-refractivity contribution < 1.29 is 0 Å². The van der Waals surface area contributed by atoms with Crippen LogP contribution in [0.1, 0.15) is 38.2 Å². The maximum absolute atomic E-state index is 4.31. The summed E-state index contributed by atoms with van der Waals surface area (Å²) in [7, 11) is 4.32. The molecule has 3 rings (SSSR count). The summed E-state index contributed by atoms with van der Waals surface area (Å²) < 4.78 is 1.91. The lowest BCUT2D eigenvalue weighted by Gasteiger charge is -2.40. The maximum Gasteiger partial charge on any atom is 0.0522 e. The highest BCUT2D eigenvalue weighted by molar-refractivity contribution is 5.08. The van der Waals surface area contributed by atoms with Crippen LogP contribution in [0.15, 0.2) is 12.4 Å². The molecular weight excluding hydrogens is 248 g/mol. The molecule has 4 nitrogen and oxygen atoms in total. The summed E-state index contributed by atoms with van der Waals surface area (Å²) in [6.45, 7) is 3.28. The number of aryl methyl sites for hydroxylation is 1. The molecule has 0 radical (unpaired) electrons. The van der Waals surface area contributed by atoms with Gasteiger partial charge in [0.2, 0.25) is 0 Å². The SMILES string of the molecule is CCNC(Cc1cnn(C)c1)C1CC2CCC(C1)N2C. The Hall–Kier alpha value is -0.870. The summed E-state index contributed by atoms with van der Waals surface area (Å²) in [5, 5.41) is 8.05. The zero-order valence-electron chi connectivity index (χ0n) is 13.0. The zero-order chi connectivity index (χ0) is 14.1. The fourth-order valence-electron chi connectivity index (χ4n) is 4.28. The first-order valence-corrected chi connectivity index (χ1v) is 8.10. The molecule has 0 spiro atoms. The topological polar surface area (TPSA) is 33.1 Å². The fourth-order valence-corrected chi connectivity index (χ4v) is 4.28. The minimum Gasteiger partial charge on any atom is -0.314 e. The van der Waals surface area contributed by atoms with Gasteiger partial charge < -0.3 is 10.2 Å². The summed E-state index contributed by atoms with van der Waals surface area (Å²) in [6, 6.07) is 2.27. The Kier molecular flexibility index (Phi) is 4.13. The molecule has 20 heavy (non-hydrogen) atoms. The largest absolute Gasteiger partial charge is 0.314 e. The molecule has 2 aliphatic heterocycles. The molecule has 0 saturated carbocycles. The quantitative estimate of drug-likeness (QED) is 0.890. The maximum atomic E-state index is 4.31. The van der Waals surface area contributed by atoms with Crippen molar-refractivity contribution in [3.8, 4) is 0 Å². The predicted molar refractivity (Wildman–Crippen MR) is 81.7 cm³/mol. The van der Waals surface area contributed by atoms with Crippen molar-refractivity contribution in [2.24, 2.45) is 13.0 Å². The van der Waals surface area contributed by atoms with Gasteiger partial charge in [-0.05, 0) is 57.2 Å². The van der Waals surface area contributed by atoms with Crippen molar-refractivity contribution in [2.45, 2.75) is 57.2 Å². The van der Waals surface area contributed by atoms with Gasteiger partial charge in [0.05, 0.1) is 6.20 Å². The average Bonchev–Trinajstić information content (AvgIpc) is 2.89. The third kappa shape index (κ3) is 2.77. The Morgan fingerprint density at radius 1 is 1.30 bits per heavy atom. The number of nitrogens with one attached hydrogen (secondary N) is 1. The van der Waals surface area contributed by atoms with Crippen LogP contribution in [0, 0.1) is 5.92 Å². The Morgan fingerprint density at radius 3 is 2.55 bits per heavy atom. The highest BCUT2D eigenvalue weighted by atomic mass is 15.2. The van der Waals surface area contributed by atoms with E-state index in [0.717, 1.165) is 31.0 Å². The number of aromatic nitrogens is 2. The lowest BCUT2D eigenvalue weighted by atomic mass is 9.83. The number of hydrogen-bond acceptors (Lipinski definition) is 3. The van der Waals surface area contributed by atoms with E-state index < -0.39 is 0 Å². The molecule has 2 bridgehead atoms. The van der Waals surface area contributed by atoms with Gasteiger partial charge in [-0.1, -0.05) is 6.92 Å². The first-order chi connectivity index (χ1) is 9.67. The van der Waals surface area contributed by atoms with E-state index in [0.29, 0.717) is 6.04 Å². The van der Waals surface area contributed by atoms with E-state index in [1.807, 2.05) is 17.9 Å². The number of hydrogen-bond donors (Lipinski definition) is 1. The standard InChI is InChI=1S/C16H28N4/c1-4-17-16(7-12-10-18-19(2)11-12)13-8-14-5-6-15(9-13)20(14)3/h10-11,13-17H,4-9H2,1-3H3. The summed E-state index contributed by atoms with van der Waals surface area (Å²) >= 11 is 0. The summed E-state index contributed by atoms with van der Waals surface area (Å²) in [5.41, 5.74) is 1.37. The summed E-state index contributed by atoms with van der Waals surface area (Å²) in [5.74, 6) is 0.823. The Morgan fingerprint density at radius 2 is 2.00 bits per heavy atom. The molecule has 4 heteroatoms. The Labute approximate surface area is 122 Å². The molecule has 2 aliphatic rings. The second kappa shape index (κ2) is 5.86. The molecule has 112 valence electrons. The molecule has 3 atom stereocenters. The smallest absolute Gasteiger partial charge is 0.0522 e. The molecule has 0 amide bonds. The van der Waals surface area contributed by atoms with Crippen LogP contribution in [-0.2, 0) is 13.5 Å². The fraction of sp³-hybridized carbons (Fsp3) is 0.812. The normalized spacial score (nSPS) is 31.6. The van der Waals surface area contributed by atoms with Gasteiger partial charge in [-0.15, -0.1) is 0 Å². The van der Waals surface area contributed by atoms with E-state index in [4.69, 9.17) is 0 Å². The second-order valence-corrected chi connectivity index (χ2v) is 6.67. The molecule has 1 aromatic rings. The van der Waals surface area contributed by atoms with Crippen LogP contribution in [0.25, 0.3) is 0 Å². The van der Waals surface area contributed by atoms with Gasteiger partial charge in [-0.3, -0.25) is 4.68 Å². The molecular formula is C16H28N4. The van der Waals surface area contributed by atoms with E-state index >= 15 is 0 Å². The highest BCUT2D eigenvalue weighted by Crippen LogP contribution is 2.39. The van der Waals surface area contributed by atoms with Gasteiger partial charge in [-0.2, -0.15) is 5.10 Å². The van der Waals surface area contributed by atoms with Crippen LogP contribution in [0.4, 0.5) is 0 Å². The van der Waals surface area contributed by atoms with Gasteiger partial charge >= 0.3 is 0 Å². The third-order valence-corrected chi connectivity index (χ3v) is 5.38. The molecule has 3 heterocycles. The minimum atomic E-state index is 0.612. The number of likely N-dealkylation sites (N-methyl/N-ethyl adjacent to an activating group) is 1. The Balaban J connectivity index is 1.67. The van der Waals surface area contributed by atoms with Crippen LogP contribution in [0.5, 0.6) is 0 Å². The molecule has 0 aromatic carbocycles. The molecule has 1 N–H and O–H groups in total. The molecule has 3 unspecified atom stereocenters. The van der Waals surface area contributed by atoms with Crippen molar-refractivity contribution in [2.75, 3.05) is 13.6 Å². The molecule has 2 saturated heterocycles. The molecule has 2 fully saturated rings. The van der Waals surface area contributed by atoms with Gasteiger partial charge in [0, 0.05) is 31.4 Å². The number of fused-ring (bicyclic) bond motifs is 2. The number of nitrogens with zero attached hydrogens (tertiary/aromatic N) is 3. The van der Waals surface area contributed by atoms with Crippen molar-refractivity contribution in [3.63, 3.8) is 0 Å². The van der Waals surface area contributed by atoms with Crippen molar-refractivity contribution in [3.05, 3.63) is 18.0 Å². The van der Waals surface area contributed by atoms with E-state index in [1.54, 1.807) is 0 Å².